The van der Waals surface area contributed by atoms with Crippen molar-refractivity contribution in [3.05, 3.63) is 63.1 Å². The van der Waals surface area contributed by atoms with Crippen molar-refractivity contribution >= 4 is 21.6 Å². The van der Waals surface area contributed by atoms with E-state index in [0.29, 0.717) is 6.54 Å². The van der Waals surface area contributed by atoms with Gasteiger partial charge in [0.05, 0.1) is 10.2 Å². The molecule has 0 saturated carbocycles. The summed E-state index contributed by atoms with van der Waals surface area (Å²) in [5, 5.41) is 2.99. The van der Waals surface area contributed by atoms with Crippen LogP contribution in [0.4, 0.5) is 14.5 Å². The van der Waals surface area contributed by atoms with Gasteiger partial charge in [-0.25, -0.2) is 8.78 Å². The minimum absolute atomic E-state index is 0.248. The van der Waals surface area contributed by atoms with E-state index in [4.69, 9.17) is 0 Å². The van der Waals surface area contributed by atoms with Crippen LogP contribution in [-0.2, 0) is 6.54 Å². The van der Waals surface area contributed by atoms with E-state index in [1.165, 1.54) is 6.07 Å². The molecule has 2 rings (SSSR count). The number of halogens is 3. The van der Waals surface area contributed by atoms with Crippen molar-refractivity contribution in [3.63, 3.8) is 0 Å². The summed E-state index contributed by atoms with van der Waals surface area (Å²) in [6.07, 6.45) is 0. The molecule has 0 bridgehead atoms. The molecule has 0 aliphatic rings. The fourth-order valence-corrected chi connectivity index (χ4v) is 2.18. The fraction of sp³-hybridized carbons (Fsp3) is 0.200. The van der Waals surface area contributed by atoms with Crippen LogP contribution in [0.2, 0.25) is 0 Å². The van der Waals surface area contributed by atoms with Gasteiger partial charge in [0.1, 0.15) is 11.6 Å². The van der Waals surface area contributed by atoms with Crippen LogP contribution < -0.4 is 5.32 Å². The molecule has 2 aromatic rings. The van der Waals surface area contributed by atoms with Gasteiger partial charge >= 0.3 is 0 Å². The van der Waals surface area contributed by atoms with Crippen molar-refractivity contribution in [2.45, 2.75) is 20.4 Å². The van der Waals surface area contributed by atoms with Crippen LogP contribution in [0, 0.1) is 25.5 Å². The van der Waals surface area contributed by atoms with Crippen molar-refractivity contribution in [1.29, 1.82) is 0 Å². The van der Waals surface area contributed by atoms with E-state index in [1.807, 2.05) is 26.0 Å². The molecule has 0 unspecified atom stereocenters. The zero-order valence-corrected chi connectivity index (χ0v) is 12.3. The molecule has 0 aromatic heterocycles. The third kappa shape index (κ3) is 3.32. The Kier molecular flexibility index (Phi) is 4.20. The number of rotatable bonds is 3. The molecule has 0 aliphatic heterocycles. The van der Waals surface area contributed by atoms with E-state index in [1.54, 1.807) is 0 Å². The summed E-state index contributed by atoms with van der Waals surface area (Å²) in [5.74, 6) is -1.19. The Bertz CT molecular complexity index is 611. The van der Waals surface area contributed by atoms with Gasteiger partial charge in [0.25, 0.3) is 0 Å². The Hall–Kier alpha value is -1.42. The monoisotopic (exact) mass is 325 g/mol. The first-order valence-corrected chi connectivity index (χ1v) is 6.71. The maximum absolute atomic E-state index is 13.6. The summed E-state index contributed by atoms with van der Waals surface area (Å²) in [7, 11) is 0. The number of anilines is 1. The molecule has 1 nitrogen and oxygen atoms in total. The Morgan fingerprint density at radius 2 is 1.79 bits per heavy atom. The van der Waals surface area contributed by atoms with Crippen molar-refractivity contribution in [1.82, 2.24) is 0 Å². The smallest absolute Gasteiger partial charge is 0.149 e. The third-order valence-electron chi connectivity index (χ3n) is 2.98. The molecule has 2 aromatic carbocycles. The highest BCUT2D eigenvalue weighted by molar-refractivity contribution is 9.10. The molecule has 0 radical (unpaired) electrons. The minimum atomic E-state index is -0.602. The van der Waals surface area contributed by atoms with E-state index in [0.717, 1.165) is 22.8 Å². The lowest BCUT2D eigenvalue weighted by Crippen LogP contribution is -2.04. The molecule has 0 atom stereocenters. The predicted octanol–water partition coefficient (Wildman–Crippen LogP) is 4.96. The standard InChI is InChI=1S/C15H14BrF2N/c1-9-3-4-10(2)11(5-9)8-19-15-6-12(16)13(17)7-14(15)18/h3-7,19H,8H2,1-2H3. The highest BCUT2D eigenvalue weighted by Gasteiger charge is 2.08. The fourth-order valence-electron chi connectivity index (χ4n) is 1.84. The SMILES string of the molecule is Cc1ccc(C)c(CNc2cc(Br)c(F)cc2F)c1. The van der Waals surface area contributed by atoms with Crippen LogP contribution in [0.1, 0.15) is 16.7 Å². The van der Waals surface area contributed by atoms with Gasteiger partial charge in [-0.2, -0.15) is 0 Å². The highest BCUT2D eigenvalue weighted by atomic mass is 79.9. The number of aryl methyl sites for hydroxylation is 2. The maximum Gasteiger partial charge on any atom is 0.149 e. The van der Waals surface area contributed by atoms with Gasteiger partial charge in [0, 0.05) is 12.6 Å². The molecule has 0 spiro atoms. The molecule has 4 heteroatoms. The third-order valence-corrected chi connectivity index (χ3v) is 3.59. The first-order valence-electron chi connectivity index (χ1n) is 5.92. The first kappa shape index (κ1) is 14.0. The predicted molar refractivity (Wildman–Crippen MR) is 77.3 cm³/mol. The van der Waals surface area contributed by atoms with E-state index in [9.17, 15) is 8.78 Å². The summed E-state index contributed by atoms with van der Waals surface area (Å²) >= 11 is 3.05. The molecular formula is C15H14BrF2N. The Morgan fingerprint density at radius 1 is 1.05 bits per heavy atom. The van der Waals surface area contributed by atoms with Crippen LogP contribution in [0.5, 0.6) is 0 Å². The second-order valence-electron chi connectivity index (χ2n) is 4.53. The van der Waals surface area contributed by atoms with Crippen molar-refractivity contribution < 1.29 is 8.78 Å². The zero-order valence-electron chi connectivity index (χ0n) is 10.7. The second-order valence-corrected chi connectivity index (χ2v) is 5.38. The number of benzene rings is 2. The maximum atomic E-state index is 13.6. The number of nitrogens with one attached hydrogen (secondary N) is 1. The topological polar surface area (TPSA) is 12.0 Å². The lowest BCUT2D eigenvalue weighted by atomic mass is 10.1. The molecule has 0 heterocycles. The number of hydrogen-bond acceptors (Lipinski definition) is 1. The Morgan fingerprint density at radius 3 is 2.53 bits per heavy atom. The first-order chi connectivity index (χ1) is 8.97. The summed E-state index contributed by atoms with van der Waals surface area (Å²) in [4.78, 5) is 0. The number of hydrogen-bond donors (Lipinski definition) is 1. The van der Waals surface area contributed by atoms with Gasteiger partial charge in [-0.3, -0.25) is 0 Å². The van der Waals surface area contributed by atoms with E-state index in [-0.39, 0.29) is 10.2 Å². The van der Waals surface area contributed by atoms with Crippen molar-refractivity contribution in [2.75, 3.05) is 5.32 Å². The lowest BCUT2D eigenvalue weighted by Gasteiger charge is -2.11. The van der Waals surface area contributed by atoms with Gasteiger partial charge in [-0.05, 0) is 47.0 Å². The van der Waals surface area contributed by atoms with Gasteiger partial charge < -0.3 is 5.32 Å². The summed E-state index contributed by atoms with van der Waals surface area (Å²) in [5.41, 5.74) is 3.68. The average Bonchev–Trinajstić information content (AvgIpc) is 2.36. The van der Waals surface area contributed by atoms with Crippen LogP contribution in [0.25, 0.3) is 0 Å². The highest BCUT2D eigenvalue weighted by Crippen LogP contribution is 2.24. The zero-order chi connectivity index (χ0) is 14.0. The summed E-state index contributed by atoms with van der Waals surface area (Å²) < 4.78 is 27.0. The molecule has 100 valence electrons. The quantitative estimate of drug-likeness (QED) is 0.787. The van der Waals surface area contributed by atoms with Crippen LogP contribution >= 0.6 is 15.9 Å². The summed E-state index contributed by atoms with van der Waals surface area (Å²) in [6.45, 7) is 4.52. The molecule has 1 N–H and O–H groups in total. The van der Waals surface area contributed by atoms with Gasteiger partial charge in [-0.15, -0.1) is 0 Å². The van der Waals surface area contributed by atoms with Crippen LogP contribution in [0.15, 0.2) is 34.8 Å². The van der Waals surface area contributed by atoms with E-state index < -0.39 is 11.6 Å². The normalized spacial score (nSPS) is 10.6. The van der Waals surface area contributed by atoms with Crippen LogP contribution in [0.3, 0.4) is 0 Å². The van der Waals surface area contributed by atoms with Crippen LogP contribution in [-0.4, -0.2) is 0 Å². The van der Waals surface area contributed by atoms with E-state index >= 15 is 0 Å². The van der Waals surface area contributed by atoms with Crippen molar-refractivity contribution in [2.24, 2.45) is 0 Å². The molecule has 0 aliphatic carbocycles. The van der Waals surface area contributed by atoms with Crippen molar-refractivity contribution in [3.8, 4) is 0 Å². The molecule has 0 fully saturated rings. The molecular weight excluding hydrogens is 312 g/mol. The second kappa shape index (κ2) is 5.70. The lowest BCUT2D eigenvalue weighted by molar-refractivity contribution is 0.580. The molecule has 0 saturated heterocycles. The largest absolute Gasteiger partial charge is 0.379 e. The molecule has 19 heavy (non-hydrogen) atoms. The average molecular weight is 326 g/mol. The Balaban J connectivity index is 2.19. The molecule has 0 amide bonds. The summed E-state index contributed by atoms with van der Waals surface area (Å²) in [6, 6.07) is 8.40. The Labute approximate surface area is 119 Å². The minimum Gasteiger partial charge on any atom is -0.379 e. The van der Waals surface area contributed by atoms with Gasteiger partial charge in [0.15, 0.2) is 0 Å². The van der Waals surface area contributed by atoms with E-state index in [2.05, 4.69) is 27.3 Å². The van der Waals surface area contributed by atoms with Gasteiger partial charge in [0.2, 0.25) is 0 Å². The van der Waals surface area contributed by atoms with Gasteiger partial charge in [-0.1, -0.05) is 23.8 Å².